The van der Waals surface area contributed by atoms with Gasteiger partial charge < -0.3 is 5.32 Å². The molecule has 1 amide bonds. The van der Waals surface area contributed by atoms with Gasteiger partial charge in [0.25, 0.3) is 5.91 Å². The number of carbonyl (C=O) groups is 1. The number of hydrogen-bond donors (Lipinski definition) is 1. The zero-order valence-electron chi connectivity index (χ0n) is 12.6. The van der Waals surface area contributed by atoms with Crippen LogP contribution in [0.5, 0.6) is 0 Å². The van der Waals surface area contributed by atoms with Gasteiger partial charge >= 0.3 is 0 Å². The summed E-state index contributed by atoms with van der Waals surface area (Å²) in [6.45, 7) is 0. The summed E-state index contributed by atoms with van der Waals surface area (Å²) in [5, 5.41) is 2.78. The minimum atomic E-state index is -0.212. The van der Waals surface area contributed by atoms with Crippen molar-refractivity contribution in [1.29, 1.82) is 0 Å². The molecule has 0 saturated carbocycles. The number of nitrogens with one attached hydrogen (secondary N) is 1. The molecule has 0 unspecified atom stereocenters. The van der Waals surface area contributed by atoms with Gasteiger partial charge in [-0.05, 0) is 30.3 Å². The third-order valence-electron chi connectivity index (χ3n) is 3.59. The molecule has 0 atom stereocenters. The molecule has 0 aliphatic heterocycles. The monoisotopic (exact) mass is 315 g/mol. The third-order valence-corrected chi connectivity index (χ3v) is 3.59. The molecule has 4 rings (SSSR count). The Morgan fingerprint density at radius 3 is 2.58 bits per heavy atom. The first-order chi connectivity index (χ1) is 11.8. The molecule has 2 aromatic heterocycles. The average molecular weight is 315 g/mol. The van der Waals surface area contributed by atoms with Crippen LogP contribution in [0.25, 0.3) is 17.0 Å². The number of fused-ring (bicyclic) bond motifs is 1. The van der Waals surface area contributed by atoms with Gasteiger partial charge in [-0.3, -0.25) is 9.36 Å². The van der Waals surface area contributed by atoms with E-state index in [1.165, 1.54) is 0 Å². The molecule has 24 heavy (non-hydrogen) atoms. The van der Waals surface area contributed by atoms with Gasteiger partial charge in [-0.1, -0.05) is 30.3 Å². The van der Waals surface area contributed by atoms with E-state index in [1.54, 1.807) is 35.3 Å². The fourth-order valence-corrected chi connectivity index (χ4v) is 2.43. The number of rotatable bonds is 3. The Morgan fingerprint density at radius 2 is 1.71 bits per heavy atom. The van der Waals surface area contributed by atoms with Crippen LogP contribution in [0.3, 0.4) is 0 Å². The lowest BCUT2D eigenvalue weighted by molar-refractivity contribution is 0.102. The standard InChI is InChI=1S/C18H13N5O/c24-17(13-6-2-1-3-7-13)21-16-10-11-19-18(22-16)23-12-20-14-8-4-5-9-15(14)23/h1-12H,(H,19,21,22,24). The van der Waals surface area contributed by atoms with Crippen molar-refractivity contribution in [2.24, 2.45) is 0 Å². The van der Waals surface area contributed by atoms with Gasteiger partial charge in [0.2, 0.25) is 5.95 Å². The molecular weight excluding hydrogens is 302 g/mol. The van der Waals surface area contributed by atoms with Crippen LogP contribution < -0.4 is 5.32 Å². The Bertz CT molecular complexity index is 1010. The van der Waals surface area contributed by atoms with Crippen LogP contribution in [0.1, 0.15) is 10.4 Å². The number of anilines is 1. The first kappa shape index (κ1) is 14.1. The second-order valence-electron chi connectivity index (χ2n) is 5.17. The van der Waals surface area contributed by atoms with Crippen LogP contribution in [0.4, 0.5) is 5.82 Å². The van der Waals surface area contributed by atoms with Gasteiger partial charge in [0.05, 0.1) is 11.0 Å². The molecule has 0 radical (unpaired) electrons. The zero-order chi connectivity index (χ0) is 16.4. The fraction of sp³-hybridized carbons (Fsp3) is 0. The van der Waals surface area contributed by atoms with Crippen molar-refractivity contribution in [3.05, 3.63) is 78.8 Å². The molecule has 0 aliphatic carbocycles. The van der Waals surface area contributed by atoms with E-state index in [1.807, 2.05) is 42.5 Å². The Hall–Kier alpha value is -3.54. The summed E-state index contributed by atoms with van der Waals surface area (Å²) < 4.78 is 1.79. The molecule has 0 fully saturated rings. The minimum absolute atomic E-state index is 0.212. The molecule has 116 valence electrons. The summed E-state index contributed by atoms with van der Waals surface area (Å²) >= 11 is 0. The van der Waals surface area contributed by atoms with Crippen LogP contribution in [-0.2, 0) is 0 Å². The van der Waals surface area contributed by atoms with Crippen LogP contribution in [0, 0.1) is 0 Å². The van der Waals surface area contributed by atoms with Crippen LogP contribution >= 0.6 is 0 Å². The van der Waals surface area contributed by atoms with Crippen molar-refractivity contribution < 1.29 is 4.79 Å². The Labute approximate surface area is 137 Å². The predicted molar refractivity (Wildman–Crippen MR) is 91.1 cm³/mol. The van der Waals surface area contributed by atoms with Crippen molar-refractivity contribution >= 4 is 22.8 Å². The van der Waals surface area contributed by atoms with Crippen LogP contribution in [0.2, 0.25) is 0 Å². The van der Waals surface area contributed by atoms with Gasteiger partial charge in [-0.2, -0.15) is 4.98 Å². The van der Waals surface area contributed by atoms with Crippen LogP contribution in [0.15, 0.2) is 73.2 Å². The summed E-state index contributed by atoms with van der Waals surface area (Å²) in [6, 6.07) is 18.4. The van der Waals surface area contributed by atoms with E-state index in [-0.39, 0.29) is 5.91 Å². The van der Waals surface area contributed by atoms with Gasteiger partial charge in [0, 0.05) is 11.8 Å². The van der Waals surface area contributed by atoms with E-state index in [0.29, 0.717) is 17.3 Å². The molecular formula is C18H13N5O. The lowest BCUT2D eigenvalue weighted by atomic mass is 10.2. The average Bonchev–Trinajstić information content (AvgIpc) is 3.07. The Morgan fingerprint density at radius 1 is 0.917 bits per heavy atom. The van der Waals surface area contributed by atoms with Crippen molar-refractivity contribution in [3.63, 3.8) is 0 Å². The first-order valence-corrected chi connectivity index (χ1v) is 7.43. The molecule has 2 aromatic carbocycles. The minimum Gasteiger partial charge on any atom is -0.306 e. The third kappa shape index (κ3) is 2.61. The number of para-hydroxylation sites is 2. The van der Waals surface area contributed by atoms with Gasteiger partial charge in [0.1, 0.15) is 12.1 Å². The highest BCUT2D eigenvalue weighted by atomic mass is 16.1. The van der Waals surface area contributed by atoms with E-state index < -0.39 is 0 Å². The number of aromatic nitrogens is 4. The fourth-order valence-electron chi connectivity index (χ4n) is 2.43. The van der Waals surface area contributed by atoms with E-state index >= 15 is 0 Å². The lowest BCUT2D eigenvalue weighted by Gasteiger charge is -2.07. The van der Waals surface area contributed by atoms with Crippen molar-refractivity contribution in [1.82, 2.24) is 19.5 Å². The molecule has 0 spiro atoms. The van der Waals surface area contributed by atoms with Gasteiger partial charge in [-0.15, -0.1) is 0 Å². The lowest BCUT2D eigenvalue weighted by Crippen LogP contribution is -2.14. The maximum Gasteiger partial charge on any atom is 0.256 e. The number of imidazole rings is 1. The maximum atomic E-state index is 12.2. The summed E-state index contributed by atoms with van der Waals surface area (Å²) in [4.78, 5) is 25.2. The van der Waals surface area contributed by atoms with Gasteiger partial charge in [-0.25, -0.2) is 9.97 Å². The second-order valence-corrected chi connectivity index (χ2v) is 5.17. The summed E-state index contributed by atoms with van der Waals surface area (Å²) in [6.07, 6.45) is 3.28. The van der Waals surface area contributed by atoms with Gasteiger partial charge in [0.15, 0.2) is 0 Å². The number of benzene rings is 2. The van der Waals surface area contributed by atoms with E-state index in [9.17, 15) is 4.79 Å². The second kappa shape index (κ2) is 5.92. The Kier molecular flexibility index (Phi) is 3.47. The van der Waals surface area contributed by atoms with Crippen molar-refractivity contribution in [2.45, 2.75) is 0 Å². The maximum absolute atomic E-state index is 12.2. The predicted octanol–water partition coefficient (Wildman–Crippen LogP) is 3.07. The largest absolute Gasteiger partial charge is 0.306 e. The number of hydrogen-bond acceptors (Lipinski definition) is 4. The molecule has 6 nitrogen and oxygen atoms in total. The highest BCUT2D eigenvalue weighted by Crippen LogP contribution is 2.16. The topological polar surface area (TPSA) is 72.7 Å². The molecule has 2 heterocycles. The number of nitrogens with zero attached hydrogens (tertiary/aromatic N) is 4. The van der Waals surface area contributed by atoms with E-state index in [4.69, 9.17) is 0 Å². The normalized spacial score (nSPS) is 10.7. The molecule has 0 bridgehead atoms. The highest BCUT2D eigenvalue weighted by molar-refractivity contribution is 6.03. The molecule has 0 saturated heterocycles. The number of amides is 1. The Balaban J connectivity index is 1.66. The molecule has 1 N–H and O–H groups in total. The summed E-state index contributed by atoms with van der Waals surface area (Å²) in [5.41, 5.74) is 2.34. The quantitative estimate of drug-likeness (QED) is 0.630. The SMILES string of the molecule is O=C(Nc1ccnc(-n2cnc3ccccc32)n1)c1ccccc1. The molecule has 4 aromatic rings. The van der Waals surface area contributed by atoms with Crippen LogP contribution in [-0.4, -0.2) is 25.4 Å². The first-order valence-electron chi connectivity index (χ1n) is 7.43. The molecule has 6 heteroatoms. The summed E-state index contributed by atoms with van der Waals surface area (Å²) in [5.74, 6) is 0.678. The summed E-state index contributed by atoms with van der Waals surface area (Å²) in [7, 11) is 0. The number of carbonyl (C=O) groups excluding carboxylic acids is 1. The van der Waals surface area contributed by atoms with Crippen molar-refractivity contribution in [3.8, 4) is 5.95 Å². The van der Waals surface area contributed by atoms with E-state index in [2.05, 4.69) is 20.3 Å². The highest BCUT2D eigenvalue weighted by Gasteiger charge is 2.09. The smallest absolute Gasteiger partial charge is 0.256 e. The zero-order valence-corrected chi connectivity index (χ0v) is 12.6. The van der Waals surface area contributed by atoms with E-state index in [0.717, 1.165) is 11.0 Å². The molecule has 0 aliphatic rings. The van der Waals surface area contributed by atoms with Crippen molar-refractivity contribution in [2.75, 3.05) is 5.32 Å².